The molecule has 1 N–H and O–H groups in total. The summed E-state index contributed by atoms with van der Waals surface area (Å²) in [6, 6.07) is 6.25. The summed E-state index contributed by atoms with van der Waals surface area (Å²) in [5, 5.41) is 8.61. The van der Waals surface area contributed by atoms with Gasteiger partial charge in [0.05, 0.1) is 12.2 Å². The van der Waals surface area contributed by atoms with Crippen molar-refractivity contribution in [2.45, 2.75) is 17.4 Å². The molecule has 0 aliphatic carbocycles. The van der Waals surface area contributed by atoms with Gasteiger partial charge in [0.15, 0.2) is 9.84 Å². The lowest BCUT2D eigenvalue weighted by Gasteiger charge is -2.24. The van der Waals surface area contributed by atoms with Crippen molar-refractivity contribution in [3.8, 4) is 5.75 Å². The number of carboxylic acids is 1. The molecular weight excluding hydrogens is 232 g/mol. The van der Waals surface area contributed by atoms with Crippen molar-refractivity contribution in [2.24, 2.45) is 0 Å². The number of hydrogen-bond acceptors (Lipinski definition) is 4. The second-order valence-electron chi connectivity index (χ2n) is 3.57. The maximum Gasteiger partial charge on any atom is 0.307 e. The lowest BCUT2D eigenvalue weighted by Crippen LogP contribution is -2.33. The Morgan fingerprint density at radius 1 is 1.44 bits per heavy atom. The highest BCUT2D eigenvalue weighted by atomic mass is 32.2. The standard InChI is InChI=1S/C10H10O5S/c11-10(12)5-7-6-16(13,14)9-4-2-1-3-8(9)15-7/h1-4,7H,5-6H2,(H,11,12)/t7-/m1/s1. The van der Waals surface area contributed by atoms with Gasteiger partial charge >= 0.3 is 5.97 Å². The Labute approximate surface area is 92.6 Å². The summed E-state index contributed by atoms with van der Waals surface area (Å²) in [6.45, 7) is 0. The van der Waals surface area contributed by atoms with Crippen molar-refractivity contribution in [1.82, 2.24) is 0 Å². The fraction of sp³-hybridized carbons (Fsp3) is 0.300. The molecule has 0 bridgehead atoms. The van der Waals surface area contributed by atoms with Gasteiger partial charge in [0.25, 0.3) is 0 Å². The van der Waals surface area contributed by atoms with Crippen molar-refractivity contribution in [1.29, 1.82) is 0 Å². The maximum atomic E-state index is 11.8. The summed E-state index contributed by atoms with van der Waals surface area (Å²) < 4.78 is 28.9. The predicted octanol–water partition coefficient (Wildman–Crippen LogP) is 0.696. The van der Waals surface area contributed by atoms with Gasteiger partial charge < -0.3 is 9.84 Å². The number of carbonyl (C=O) groups is 1. The van der Waals surface area contributed by atoms with Crippen LogP contribution < -0.4 is 4.74 Å². The van der Waals surface area contributed by atoms with Crippen LogP contribution in [0.15, 0.2) is 29.2 Å². The molecule has 0 amide bonds. The first-order valence-corrected chi connectivity index (χ1v) is 6.34. The van der Waals surface area contributed by atoms with Crippen molar-refractivity contribution in [3.63, 3.8) is 0 Å². The molecule has 1 aromatic carbocycles. The molecule has 0 fully saturated rings. The summed E-state index contributed by atoms with van der Waals surface area (Å²) in [4.78, 5) is 10.7. The van der Waals surface area contributed by atoms with Crippen molar-refractivity contribution in [2.75, 3.05) is 5.75 Å². The Hall–Kier alpha value is -1.56. The van der Waals surface area contributed by atoms with Gasteiger partial charge in [0, 0.05) is 0 Å². The average Bonchev–Trinajstić information content (AvgIpc) is 2.15. The first-order chi connectivity index (χ1) is 7.49. The van der Waals surface area contributed by atoms with E-state index in [4.69, 9.17) is 9.84 Å². The highest BCUT2D eigenvalue weighted by Gasteiger charge is 2.32. The van der Waals surface area contributed by atoms with Crippen LogP contribution in [0.1, 0.15) is 6.42 Å². The average molecular weight is 242 g/mol. The SMILES string of the molecule is O=C(O)C[C@@H]1CS(=O)(=O)c2ccccc2O1. The molecule has 1 atom stereocenters. The van der Waals surface area contributed by atoms with E-state index in [2.05, 4.69) is 0 Å². The van der Waals surface area contributed by atoms with Crippen LogP contribution in [-0.2, 0) is 14.6 Å². The maximum absolute atomic E-state index is 11.8. The molecule has 0 saturated carbocycles. The second kappa shape index (κ2) is 3.79. The van der Waals surface area contributed by atoms with E-state index in [9.17, 15) is 13.2 Å². The van der Waals surface area contributed by atoms with Crippen molar-refractivity contribution in [3.05, 3.63) is 24.3 Å². The number of sulfone groups is 1. The second-order valence-corrected chi connectivity index (χ2v) is 5.57. The molecule has 5 nitrogen and oxygen atoms in total. The van der Waals surface area contributed by atoms with Gasteiger partial charge in [-0.05, 0) is 12.1 Å². The van der Waals surface area contributed by atoms with E-state index in [0.717, 1.165) is 0 Å². The molecule has 0 radical (unpaired) electrons. The molecule has 0 spiro atoms. The Morgan fingerprint density at radius 2 is 2.12 bits per heavy atom. The van der Waals surface area contributed by atoms with E-state index in [1.165, 1.54) is 12.1 Å². The molecule has 1 aliphatic heterocycles. The van der Waals surface area contributed by atoms with E-state index in [1.54, 1.807) is 12.1 Å². The topological polar surface area (TPSA) is 80.7 Å². The van der Waals surface area contributed by atoms with Gasteiger partial charge in [0.1, 0.15) is 16.7 Å². The summed E-state index contributed by atoms with van der Waals surface area (Å²) in [7, 11) is -3.43. The molecule has 0 unspecified atom stereocenters. The summed E-state index contributed by atoms with van der Waals surface area (Å²) >= 11 is 0. The van der Waals surface area contributed by atoms with Crippen LogP contribution >= 0.6 is 0 Å². The first-order valence-electron chi connectivity index (χ1n) is 4.69. The lowest BCUT2D eigenvalue weighted by atomic mass is 10.2. The number of hydrogen-bond donors (Lipinski definition) is 1. The van der Waals surface area contributed by atoms with E-state index < -0.39 is 21.9 Å². The molecular formula is C10H10O5S. The van der Waals surface area contributed by atoms with Crippen LogP contribution in [0.2, 0.25) is 0 Å². The minimum absolute atomic E-state index is 0.136. The molecule has 0 aromatic heterocycles. The van der Waals surface area contributed by atoms with Crippen LogP contribution in [0.3, 0.4) is 0 Å². The monoisotopic (exact) mass is 242 g/mol. The molecule has 86 valence electrons. The zero-order valence-corrected chi connectivity index (χ0v) is 9.11. The van der Waals surface area contributed by atoms with E-state index in [-0.39, 0.29) is 22.8 Å². The third-order valence-electron chi connectivity index (χ3n) is 2.29. The zero-order valence-electron chi connectivity index (χ0n) is 8.29. The predicted molar refractivity (Wildman–Crippen MR) is 55.2 cm³/mol. The number of benzene rings is 1. The minimum Gasteiger partial charge on any atom is -0.487 e. The van der Waals surface area contributed by atoms with Crippen LogP contribution in [0.25, 0.3) is 0 Å². The van der Waals surface area contributed by atoms with Crippen LogP contribution in [0, 0.1) is 0 Å². The highest BCUT2D eigenvalue weighted by Crippen LogP contribution is 2.31. The number of rotatable bonds is 2. The number of aliphatic carboxylic acids is 1. The smallest absolute Gasteiger partial charge is 0.307 e. The molecule has 16 heavy (non-hydrogen) atoms. The quantitative estimate of drug-likeness (QED) is 0.825. The van der Waals surface area contributed by atoms with E-state index in [1.807, 2.05) is 0 Å². The van der Waals surface area contributed by atoms with Crippen molar-refractivity contribution < 1.29 is 23.1 Å². The summed E-state index contributed by atoms with van der Waals surface area (Å²) in [5.74, 6) is -1.12. The molecule has 1 heterocycles. The van der Waals surface area contributed by atoms with Gasteiger partial charge in [-0.3, -0.25) is 4.79 Å². The number of fused-ring (bicyclic) bond motifs is 1. The van der Waals surface area contributed by atoms with Gasteiger partial charge in [0.2, 0.25) is 0 Å². The van der Waals surface area contributed by atoms with Gasteiger partial charge in [-0.25, -0.2) is 8.42 Å². The Bertz CT molecular complexity index is 520. The number of carboxylic acid groups (broad SMARTS) is 1. The molecule has 1 aliphatic rings. The number of ether oxygens (including phenoxy) is 1. The number of para-hydroxylation sites is 1. The van der Waals surface area contributed by atoms with Crippen molar-refractivity contribution >= 4 is 15.8 Å². The fourth-order valence-corrected chi connectivity index (χ4v) is 3.21. The largest absolute Gasteiger partial charge is 0.487 e. The molecule has 6 heteroatoms. The minimum atomic E-state index is -3.43. The Morgan fingerprint density at radius 3 is 2.81 bits per heavy atom. The van der Waals surface area contributed by atoms with Crippen LogP contribution in [0.5, 0.6) is 5.75 Å². The van der Waals surface area contributed by atoms with E-state index >= 15 is 0 Å². The van der Waals surface area contributed by atoms with Gasteiger partial charge in [-0.1, -0.05) is 12.1 Å². The normalized spacial score (nSPS) is 21.9. The third-order valence-corrected chi connectivity index (χ3v) is 4.10. The molecule has 0 saturated heterocycles. The molecule has 2 rings (SSSR count). The van der Waals surface area contributed by atoms with Crippen LogP contribution in [-0.4, -0.2) is 31.4 Å². The summed E-state index contributed by atoms with van der Waals surface area (Å²) in [6.07, 6.45) is -1.12. The Kier molecular flexibility index (Phi) is 2.59. The highest BCUT2D eigenvalue weighted by molar-refractivity contribution is 7.91. The zero-order chi connectivity index (χ0) is 11.8. The third kappa shape index (κ3) is 2.01. The van der Waals surface area contributed by atoms with E-state index in [0.29, 0.717) is 0 Å². The van der Waals surface area contributed by atoms with Gasteiger partial charge in [-0.15, -0.1) is 0 Å². The molecule has 1 aromatic rings. The van der Waals surface area contributed by atoms with Gasteiger partial charge in [-0.2, -0.15) is 0 Å². The first kappa shape index (κ1) is 10.9. The lowest BCUT2D eigenvalue weighted by molar-refractivity contribution is -0.138. The fourth-order valence-electron chi connectivity index (χ4n) is 1.65. The summed E-state index contributed by atoms with van der Waals surface area (Å²) in [5.41, 5.74) is 0. The van der Waals surface area contributed by atoms with Crippen LogP contribution in [0.4, 0.5) is 0 Å². The Balaban J connectivity index is 2.37.